The molecule has 1 atom stereocenters. The topological polar surface area (TPSA) is 101 Å². The molecule has 0 bridgehead atoms. The maximum Gasteiger partial charge on any atom is 0.326 e. The highest BCUT2D eigenvalue weighted by Gasteiger charge is 2.38. The van der Waals surface area contributed by atoms with Crippen LogP contribution in [0.25, 0.3) is 5.69 Å². The number of tetrazole rings is 1. The third-order valence-electron chi connectivity index (χ3n) is 3.66. The molecular weight excluding hydrogens is 286 g/mol. The van der Waals surface area contributed by atoms with Crippen LogP contribution in [0.5, 0.6) is 0 Å². The SMILES string of the molecule is CC(C(=O)O)N(C(=O)c1cccc(-n2cnnn2)c1)C1CC1. The van der Waals surface area contributed by atoms with E-state index in [2.05, 4.69) is 15.5 Å². The fraction of sp³-hybridized carbons (Fsp3) is 0.357. The van der Waals surface area contributed by atoms with Gasteiger partial charge in [-0.25, -0.2) is 9.48 Å². The van der Waals surface area contributed by atoms with Crippen LogP contribution in [-0.2, 0) is 4.79 Å². The van der Waals surface area contributed by atoms with Crippen molar-refractivity contribution in [3.8, 4) is 5.69 Å². The third-order valence-corrected chi connectivity index (χ3v) is 3.66. The van der Waals surface area contributed by atoms with Crippen molar-refractivity contribution in [3.05, 3.63) is 36.2 Å². The Kier molecular flexibility index (Phi) is 3.58. The Hall–Kier alpha value is -2.77. The summed E-state index contributed by atoms with van der Waals surface area (Å²) >= 11 is 0. The highest BCUT2D eigenvalue weighted by atomic mass is 16.4. The molecule has 1 saturated carbocycles. The second kappa shape index (κ2) is 5.55. The monoisotopic (exact) mass is 301 g/mol. The first-order valence-corrected chi connectivity index (χ1v) is 6.97. The fourth-order valence-electron chi connectivity index (χ4n) is 2.34. The van der Waals surface area contributed by atoms with Crippen molar-refractivity contribution in [2.24, 2.45) is 0 Å². The Morgan fingerprint density at radius 1 is 1.41 bits per heavy atom. The van der Waals surface area contributed by atoms with E-state index in [1.165, 1.54) is 22.8 Å². The van der Waals surface area contributed by atoms with Crippen molar-refractivity contribution in [2.75, 3.05) is 0 Å². The van der Waals surface area contributed by atoms with Gasteiger partial charge in [-0.2, -0.15) is 0 Å². The van der Waals surface area contributed by atoms with Gasteiger partial charge in [0.25, 0.3) is 5.91 Å². The number of benzene rings is 1. The van der Waals surface area contributed by atoms with E-state index in [0.29, 0.717) is 11.3 Å². The Morgan fingerprint density at radius 3 is 2.77 bits per heavy atom. The van der Waals surface area contributed by atoms with Gasteiger partial charge < -0.3 is 10.0 Å². The number of aromatic nitrogens is 4. The minimum atomic E-state index is -1.00. The molecule has 1 heterocycles. The number of rotatable bonds is 5. The molecule has 2 aromatic rings. The predicted molar refractivity (Wildman–Crippen MR) is 75.4 cm³/mol. The first-order valence-electron chi connectivity index (χ1n) is 6.97. The second-order valence-electron chi connectivity index (χ2n) is 5.26. The van der Waals surface area contributed by atoms with Crippen LogP contribution < -0.4 is 0 Å². The predicted octanol–water partition coefficient (Wildman–Crippen LogP) is 0.740. The highest BCUT2D eigenvalue weighted by molar-refractivity contribution is 5.97. The molecule has 8 heteroatoms. The van der Waals surface area contributed by atoms with Crippen LogP contribution in [-0.4, -0.2) is 54.2 Å². The lowest BCUT2D eigenvalue weighted by Crippen LogP contribution is -2.44. The normalized spacial score (nSPS) is 15.3. The Bertz CT molecular complexity index is 696. The number of amides is 1. The van der Waals surface area contributed by atoms with E-state index >= 15 is 0 Å². The van der Waals surface area contributed by atoms with Gasteiger partial charge in [0.05, 0.1) is 5.69 Å². The molecule has 0 radical (unpaired) electrons. The zero-order valence-corrected chi connectivity index (χ0v) is 12.0. The summed E-state index contributed by atoms with van der Waals surface area (Å²) in [7, 11) is 0. The summed E-state index contributed by atoms with van der Waals surface area (Å²) in [5.74, 6) is -1.29. The van der Waals surface area contributed by atoms with Crippen molar-refractivity contribution >= 4 is 11.9 Å². The highest BCUT2D eigenvalue weighted by Crippen LogP contribution is 2.30. The molecule has 0 spiro atoms. The van der Waals surface area contributed by atoms with Gasteiger partial charge in [0.2, 0.25) is 0 Å². The summed E-state index contributed by atoms with van der Waals surface area (Å²) in [5.41, 5.74) is 1.07. The molecule has 114 valence electrons. The van der Waals surface area contributed by atoms with E-state index in [1.807, 2.05) is 0 Å². The smallest absolute Gasteiger partial charge is 0.326 e. The Morgan fingerprint density at radius 2 is 2.18 bits per heavy atom. The molecule has 1 unspecified atom stereocenters. The Balaban J connectivity index is 1.90. The first kappa shape index (κ1) is 14.2. The van der Waals surface area contributed by atoms with Crippen molar-refractivity contribution in [1.82, 2.24) is 25.1 Å². The van der Waals surface area contributed by atoms with Gasteiger partial charge in [-0.05, 0) is 48.4 Å². The molecule has 3 rings (SSSR count). The molecule has 0 aliphatic heterocycles. The minimum absolute atomic E-state index is 0.00953. The van der Waals surface area contributed by atoms with E-state index in [1.54, 1.807) is 24.3 Å². The van der Waals surface area contributed by atoms with Gasteiger partial charge in [0.15, 0.2) is 0 Å². The zero-order valence-electron chi connectivity index (χ0n) is 12.0. The molecule has 0 saturated heterocycles. The standard InChI is InChI=1S/C14H15N5O3/c1-9(14(21)22)19(11-5-6-11)13(20)10-3-2-4-12(7-10)18-8-15-16-17-18/h2-4,7-9,11H,5-6H2,1H3,(H,21,22). The average Bonchev–Trinajstić information content (AvgIpc) is 3.19. The third kappa shape index (κ3) is 2.67. The quantitative estimate of drug-likeness (QED) is 0.874. The maximum absolute atomic E-state index is 12.7. The number of aliphatic carboxylic acids is 1. The number of carboxylic acids is 1. The summed E-state index contributed by atoms with van der Waals surface area (Å²) in [6.45, 7) is 1.53. The van der Waals surface area contributed by atoms with Crippen LogP contribution in [0, 0.1) is 0 Å². The van der Waals surface area contributed by atoms with E-state index in [0.717, 1.165) is 12.8 Å². The number of nitrogens with zero attached hydrogens (tertiary/aromatic N) is 5. The number of carboxylic acid groups (broad SMARTS) is 1. The summed E-state index contributed by atoms with van der Waals surface area (Å²) in [6, 6.07) is 5.98. The van der Waals surface area contributed by atoms with Gasteiger partial charge in [-0.3, -0.25) is 4.79 Å². The molecule has 1 aliphatic carbocycles. The zero-order chi connectivity index (χ0) is 15.7. The Labute approximate surface area is 126 Å². The minimum Gasteiger partial charge on any atom is -0.480 e. The van der Waals surface area contributed by atoms with E-state index in [4.69, 9.17) is 0 Å². The molecule has 1 amide bonds. The molecule has 8 nitrogen and oxygen atoms in total. The van der Waals surface area contributed by atoms with Crippen LogP contribution in [0.2, 0.25) is 0 Å². The van der Waals surface area contributed by atoms with Gasteiger partial charge in [0.1, 0.15) is 12.4 Å². The average molecular weight is 301 g/mol. The van der Waals surface area contributed by atoms with E-state index < -0.39 is 12.0 Å². The molecule has 1 aliphatic rings. The van der Waals surface area contributed by atoms with Crippen molar-refractivity contribution in [2.45, 2.75) is 31.8 Å². The molecule has 1 fully saturated rings. The summed E-state index contributed by atoms with van der Waals surface area (Å²) < 4.78 is 1.44. The van der Waals surface area contributed by atoms with Crippen LogP contribution >= 0.6 is 0 Å². The van der Waals surface area contributed by atoms with Crippen LogP contribution in [0.3, 0.4) is 0 Å². The van der Waals surface area contributed by atoms with Gasteiger partial charge in [-0.1, -0.05) is 6.07 Å². The van der Waals surface area contributed by atoms with Crippen LogP contribution in [0.4, 0.5) is 0 Å². The summed E-state index contributed by atoms with van der Waals surface area (Å²) in [4.78, 5) is 25.4. The maximum atomic E-state index is 12.7. The molecular formula is C14H15N5O3. The summed E-state index contributed by atoms with van der Waals surface area (Å²) in [5, 5.41) is 20.1. The number of carbonyl (C=O) groups is 2. The van der Waals surface area contributed by atoms with Gasteiger partial charge in [-0.15, -0.1) is 5.10 Å². The first-order chi connectivity index (χ1) is 10.6. The van der Waals surface area contributed by atoms with Crippen molar-refractivity contribution in [3.63, 3.8) is 0 Å². The largest absolute Gasteiger partial charge is 0.480 e. The number of hydrogen-bond acceptors (Lipinski definition) is 5. The molecule has 22 heavy (non-hydrogen) atoms. The lowest BCUT2D eigenvalue weighted by molar-refractivity contribution is -0.141. The second-order valence-corrected chi connectivity index (χ2v) is 5.26. The summed E-state index contributed by atoms with van der Waals surface area (Å²) in [6.07, 6.45) is 3.12. The molecule has 1 N–H and O–H groups in total. The van der Waals surface area contributed by atoms with Gasteiger partial charge >= 0.3 is 5.97 Å². The van der Waals surface area contributed by atoms with E-state index in [-0.39, 0.29) is 11.9 Å². The molecule has 1 aromatic heterocycles. The number of carbonyl (C=O) groups excluding carboxylic acids is 1. The van der Waals surface area contributed by atoms with Crippen LogP contribution in [0.1, 0.15) is 30.1 Å². The molecule has 1 aromatic carbocycles. The fourth-order valence-corrected chi connectivity index (χ4v) is 2.34. The van der Waals surface area contributed by atoms with Crippen molar-refractivity contribution < 1.29 is 14.7 Å². The lowest BCUT2D eigenvalue weighted by Gasteiger charge is -2.26. The number of hydrogen-bond donors (Lipinski definition) is 1. The van der Waals surface area contributed by atoms with Gasteiger partial charge in [0, 0.05) is 11.6 Å². The lowest BCUT2D eigenvalue weighted by atomic mass is 10.1. The van der Waals surface area contributed by atoms with E-state index in [9.17, 15) is 14.7 Å². The van der Waals surface area contributed by atoms with Crippen molar-refractivity contribution in [1.29, 1.82) is 0 Å². The van der Waals surface area contributed by atoms with Crippen LogP contribution in [0.15, 0.2) is 30.6 Å².